The number of halogens is 1. The van der Waals surface area contributed by atoms with Crippen molar-refractivity contribution in [2.24, 2.45) is 11.7 Å². The zero-order valence-corrected chi connectivity index (χ0v) is 9.84. The van der Waals surface area contributed by atoms with Gasteiger partial charge in [0.1, 0.15) is 5.82 Å². The van der Waals surface area contributed by atoms with Crippen LogP contribution in [0.25, 0.3) is 11.4 Å². The molecule has 18 heavy (non-hydrogen) atoms. The highest BCUT2D eigenvalue weighted by Gasteiger charge is 2.29. The van der Waals surface area contributed by atoms with E-state index in [1.54, 1.807) is 12.1 Å². The zero-order chi connectivity index (χ0) is 12.5. The van der Waals surface area contributed by atoms with Crippen LogP contribution in [0.5, 0.6) is 0 Å². The number of rotatable bonds is 4. The van der Waals surface area contributed by atoms with E-state index in [1.165, 1.54) is 25.0 Å². The first-order valence-corrected chi connectivity index (χ1v) is 6.06. The van der Waals surface area contributed by atoms with E-state index in [0.717, 1.165) is 5.56 Å². The summed E-state index contributed by atoms with van der Waals surface area (Å²) in [5.74, 6) is 1.35. The van der Waals surface area contributed by atoms with Crippen molar-refractivity contribution in [2.45, 2.75) is 25.3 Å². The van der Waals surface area contributed by atoms with Crippen molar-refractivity contribution in [1.29, 1.82) is 0 Å². The molecule has 2 aromatic rings. The standard InChI is InChI=1S/C13H14FN3O/c14-10-5-3-9(4-6-10)13-16-12(18-17-13)7-11(15)8-1-2-8/h3-6,8,11H,1-2,7,15H2. The molecule has 1 unspecified atom stereocenters. The van der Waals surface area contributed by atoms with Crippen LogP contribution in [0.1, 0.15) is 18.7 Å². The Hall–Kier alpha value is -1.75. The highest BCUT2D eigenvalue weighted by Crippen LogP contribution is 2.32. The lowest BCUT2D eigenvalue weighted by atomic mass is 10.1. The molecule has 5 heteroatoms. The van der Waals surface area contributed by atoms with Gasteiger partial charge in [-0.25, -0.2) is 4.39 Å². The Morgan fingerprint density at radius 3 is 2.72 bits per heavy atom. The predicted molar refractivity (Wildman–Crippen MR) is 64.1 cm³/mol. The van der Waals surface area contributed by atoms with E-state index >= 15 is 0 Å². The quantitative estimate of drug-likeness (QED) is 0.899. The molecule has 1 aliphatic carbocycles. The molecule has 0 amide bonds. The molecule has 0 saturated heterocycles. The average Bonchev–Trinajstić information content (AvgIpc) is 3.12. The number of hydrogen-bond acceptors (Lipinski definition) is 4. The lowest BCUT2D eigenvalue weighted by molar-refractivity contribution is 0.364. The Balaban J connectivity index is 1.74. The average molecular weight is 247 g/mol. The maximum Gasteiger partial charge on any atom is 0.228 e. The third kappa shape index (κ3) is 2.41. The first-order chi connectivity index (χ1) is 8.72. The van der Waals surface area contributed by atoms with Crippen LogP contribution >= 0.6 is 0 Å². The first-order valence-electron chi connectivity index (χ1n) is 6.06. The highest BCUT2D eigenvalue weighted by atomic mass is 19.1. The summed E-state index contributed by atoms with van der Waals surface area (Å²) in [6.45, 7) is 0. The lowest BCUT2D eigenvalue weighted by Gasteiger charge is -2.04. The predicted octanol–water partition coefficient (Wildman–Crippen LogP) is 2.16. The normalized spacial score (nSPS) is 16.8. The molecule has 0 radical (unpaired) electrons. The fourth-order valence-electron chi connectivity index (χ4n) is 1.95. The van der Waals surface area contributed by atoms with E-state index in [4.69, 9.17) is 10.3 Å². The molecule has 4 nitrogen and oxygen atoms in total. The lowest BCUT2D eigenvalue weighted by Crippen LogP contribution is -2.25. The molecule has 1 saturated carbocycles. The van der Waals surface area contributed by atoms with Gasteiger partial charge in [0, 0.05) is 18.0 Å². The fraction of sp³-hybridized carbons (Fsp3) is 0.385. The monoisotopic (exact) mass is 247 g/mol. The van der Waals surface area contributed by atoms with Gasteiger partial charge in [0.25, 0.3) is 0 Å². The summed E-state index contributed by atoms with van der Waals surface area (Å²) in [6.07, 6.45) is 3.00. The Morgan fingerprint density at radius 2 is 2.06 bits per heavy atom. The number of hydrogen-bond donors (Lipinski definition) is 1. The second-order valence-electron chi connectivity index (χ2n) is 4.72. The number of nitrogens with zero attached hydrogens (tertiary/aromatic N) is 2. The number of nitrogens with two attached hydrogens (primary N) is 1. The molecule has 3 rings (SSSR count). The minimum Gasteiger partial charge on any atom is -0.339 e. The topological polar surface area (TPSA) is 64.9 Å². The van der Waals surface area contributed by atoms with Crippen LogP contribution in [0.4, 0.5) is 4.39 Å². The number of aromatic nitrogens is 2. The van der Waals surface area contributed by atoms with Crippen molar-refractivity contribution in [2.75, 3.05) is 0 Å². The Kier molecular flexibility index (Phi) is 2.83. The van der Waals surface area contributed by atoms with Gasteiger partial charge in [0.2, 0.25) is 11.7 Å². The maximum absolute atomic E-state index is 12.8. The van der Waals surface area contributed by atoms with Crippen molar-refractivity contribution in [3.8, 4) is 11.4 Å². The van der Waals surface area contributed by atoms with Gasteiger partial charge in [0.05, 0.1) is 0 Å². The summed E-state index contributed by atoms with van der Waals surface area (Å²) in [4.78, 5) is 4.28. The zero-order valence-electron chi connectivity index (χ0n) is 9.84. The summed E-state index contributed by atoms with van der Waals surface area (Å²) < 4.78 is 18.0. The molecule has 1 aliphatic rings. The molecule has 1 aromatic carbocycles. The third-order valence-electron chi connectivity index (χ3n) is 3.21. The summed E-state index contributed by atoms with van der Waals surface area (Å²) in [6, 6.07) is 6.12. The van der Waals surface area contributed by atoms with Crippen LogP contribution < -0.4 is 5.73 Å². The molecule has 2 N–H and O–H groups in total. The van der Waals surface area contributed by atoms with Gasteiger partial charge in [-0.2, -0.15) is 4.98 Å². The molecular formula is C13H14FN3O. The molecule has 1 fully saturated rings. The molecule has 1 aromatic heterocycles. The van der Waals surface area contributed by atoms with Crippen molar-refractivity contribution in [1.82, 2.24) is 10.1 Å². The van der Waals surface area contributed by atoms with Gasteiger partial charge in [0.15, 0.2) is 0 Å². The molecule has 1 atom stereocenters. The fourth-order valence-corrected chi connectivity index (χ4v) is 1.95. The van der Waals surface area contributed by atoms with Gasteiger partial charge >= 0.3 is 0 Å². The van der Waals surface area contributed by atoms with E-state index in [0.29, 0.717) is 24.1 Å². The number of benzene rings is 1. The minimum atomic E-state index is -0.279. The van der Waals surface area contributed by atoms with Crippen LogP contribution in [0, 0.1) is 11.7 Å². The van der Waals surface area contributed by atoms with Crippen molar-refractivity contribution < 1.29 is 8.91 Å². The van der Waals surface area contributed by atoms with Crippen LogP contribution in [0.2, 0.25) is 0 Å². The smallest absolute Gasteiger partial charge is 0.228 e. The van der Waals surface area contributed by atoms with E-state index in [9.17, 15) is 4.39 Å². The molecule has 1 heterocycles. The second kappa shape index (κ2) is 4.49. The van der Waals surface area contributed by atoms with Gasteiger partial charge in [-0.15, -0.1) is 0 Å². The van der Waals surface area contributed by atoms with E-state index in [1.807, 2.05) is 0 Å². The van der Waals surface area contributed by atoms with E-state index in [-0.39, 0.29) is 11.9 Å². The molecule has 0 bridgehead atoms. The molecule has 0 aliphatic heterocycles. The van der Waals surface area contributed by atoms with Crippen LogP contribution in [0.3, 0.4) is 0 Å². The van der Waals surface area contributed by atoms with Gasteiger partial charge in [-0.1, -0.05) is 5.16 Å². The largest absolute Gasteiger partial charge is 0.339 e. The van der Waals surface area contributed by atoms with Crippen molar-refractivity contribution in [3.63, 3.8) is 0 Å². The van der Waals surface area contributed by atoms with Gasteiger partial charge < -0.3 is 10.3 Å². The Morgan fingerprint density at radius 1 is 1.33 bits per heavy atom. The summed E-state index contributed by atoms with van der Waals surface area (Å²) in [5, 5.41) is 3.88. The van der Waals surface area contributed by atoms with Crippen LogP contribution in [0.15, 0.2) is 28.8 Å². The first kappa shape index (κ1) is 11.3. The summed E-state index contributed by atoms with van der Waals surface area (Å²) in [7, 11) is 0. The van der Waals surface area contributed by atoms with Crippen LogP contribution in [-0.4, -0.2) is 16.2 Å². The van der Waals surface area contributed by atoms with Crippen LogP contribution in [-0.2, 0) is 6.42 Å². The Labute approximate surface area is 104 Å². The molecular weight excluding hydrogens is 233 g/mol. The Bertz CT molecular complexity index is 533. The summed E-state index contributed by atoms with van der Waals surface area (Å²) in [5.41, 5.74) is 6.74. The highest BCUT2D eigenvalue weighted by molar-refractivity contribution is 5.53. The molecule has 0 spiro atoms. The van der Waals surface area contributed by atoms with Crippen molar-refractivity contribution >= 4 is 0 Å². The van der Waals surface area contributed by atoms with Gasteiger partial charge in [-0.3, -0.25) is 0 Å². The van der Waals surface area contributed by atoms with E-state index in [2.05, 4.69) is 10.1 Å². The molecule has 94 valence electrons. The second-order valence-corrected chi connectivity index (χ2v) is 4.72. The maximum atomic E-state index is 12.8. The summed E-state index contributed by atoms with van der Waals surface area (Å²) >= 11 is 0. The SMILES string of the molecule is NC(Cc1nc(-c2ccc(F)cc2)no1)C1CC1. The van der Waals surface area contributed by atoms with Crippen molar-refractivity contribution in [3.05, 3.63) is 36.0 Å². The van der Waals surface area contributed by atoms with Gasteiger partial charge in [-0.05, 0) is 43.0 Å². The van der Waals surface area contributed by atoms with E-state index < -0.39 is 0 Å². The third-order valence-corrected chi connectivity index (χ3v) is 3.21. The minimum absolute atomic E-state index is 0.103.